The van der Waals surface area contributed by atoms with Crippen LogP contribution in [0.1, 0.15) is 52.0 Å². The molecule has 1 aliphatic rings. The molecule has 26 heavy (non-hydrogen) atoms. The number of esters is 2. The van der Waals surface area contributed by atoms with Gasteiger partial charge in [-0.3, -0.25) is 4.79 Å². The Morgan fingerprint density at radius 1 is 1.27 bits per heavy atom. The van der Waals surface area contributed by atoms with E-state index in [4.69, 9.17) is 9.47 Å². The lowest BCUT2D eigenvalue weighted by Gasteiger charge is -2.38. The summed E-state index contributed by atoms with van der Waals surface area (Å²) >= 11 is 0. The summed E-state index contributed by atoms with van der Waals surface area (Å²) in [5.41, 5.74) is 1.75. The monoisotopic (exact) mass is 355 g/mol. The number of carbonyl (C=O) groups excluding carboxylic acids is 2. The summed E-state index contributed by atoms with van der Waals surface area (Å²) < 4.78 is 10.3. The van der Waals surface area contributed by atoms with E-state index in [0.717, 1.165) is 11.1 Å². The van der Waals surface area contributed by atoms with E-state index in [1.807, 2.05) is 44.2 Å². The Labute approximate surface area is 154 Å². The molecule has 2 rings (SSSR count). The Morgan fingerprint density at radius 3 is 2.50 bits per heavy atom. The third kappa shape index (κ3) is 3.80. The molecule has 0 N–H and O–H groups in total. The molecule has 0 saturated carbocycles. The fraction of sp³-hybridized carbons (Fsp3) is 0.476. The number of nitriles is 1. The summed E-state index contributed by atoms with van der Waals surface area (Å²) in [6.07, 6.45) is -0.147. The molecule has 0 heterocycles. The van der Waals surface area contributed by atoms with Gasteiger partial charge in [-0.2, -0.15) is 5.26 Å². The largest absolute Gasteiger partial charge is 0.463 e. The SMILES string of the molecule is CCOC(=O)[C@H](C)OC(=O)[C@@]1(C#N)CC(C)=C(C)C[C@@H]1c1ccccc1. The normalized spacial score (nSPS) is 23.7. The number of nitrogens with zero attached hydrogens (tertiary/aromatic N) is 1. The Balaban J connectivity index is 2.39. The third-order valence-electron chi connectivity index (χ3n) is 5.05. The maximum Gasteiger partial charge on any atom is 0.347 e. The highest BCUT2D eigenvalue weighted by Gasteiger charge is 2.51. The Bertz CT molecular complexity index is 747. The van der Waals surface area contributed by atoms with E-state index in [0.29, 0.717) is 12.8 Å². The highest BCUT2D eigenvalue weighted by atomic mass is 16.6. The molecule has 0 bridgehead atoms. The van der Waals surface area contributed by atoms with E-state index >= 15 is 0 Å². The lowest BCUT2D eigenvalue weighted by atomic mass is 9.63. The standard InChI is InChI=1S/C21H25NO4/c1-5-25-19(23)16(4)26-20(24)21(13-22)12-15(3)14(2)11-18(21)17-9-7-6-8-10-17/h6-10,16,18H,5,11-12H2,1-4H3/t16-,18+,21+/m0/s1. The van der Waals surface area contributed by atoms with Crippen molar-refractivity contribution in [1.29, 1.82) is 5.26 Å². The van der Waals surface area contributed by atoms with E-state index in [-0.39, 0.29) is 12.5 Å². The van der Waals surface area contributed by atoms with Crippen molar-refractivity contribution in [2.45, 2.75) is 52.6 Å². The highest BCUT2D eigenvalue weighted by molar-refractivity contribution is 5.85. The molecule has 0 spiro atoms. The lowest BCUT2D eigenvalue weighted by molar-refractivity contribution is -0.172. The summed E-state index contributed by atoms with van der Waals surface area (Å²) in [5, 5.41) is 10.0. The van der Waals surface area contributed by atoms with Gasteiger partial charge in [0.05, 0.1) is 12.7 Å². The maximum atomic E-state index is 13.0. The Kier molecular flexibility index (Phi) is 6.20. The van der Waals surface area contributed by atoms with Crippen LogP contribution in [0.5, 0.6) is 0 Å². The topological polar surface area (TPSA) is 76.4 Å². The lowest BCUT2D eigenvalue weighted by Crippen LogP contribution is -2.43. The quantitative estimate of drug-likeness (QED) is 0.591. The van der Waals surface area contributed by atoms with E-state index < -0.39 is 23.5 Å². The molecule has 5 heteroatoms. The van der Waals surface area contributed by atoms with Gasteiger partial charge in [-0.15, -0.1) is 0 Å². The molecule has 0 amide bonds. The summed E-state index contributed by atoms with van der Waals surface area (Å²) in [6, 6.07) is 11.8. The number of hydrogen-bond acceptors (Lipinski definition) is 5. The number of carbonyl (C=O) groups is 2. The van der Waals surface area contributed by atoms with Crippen LogP contribution in [-0.4, -0.2) is 24.6 Å². The highest BCUT2D eigenvalue weighted by Crippen LogP contribution is 2.49. The van der Waals surface area contributed by atoms with Crippen molar-refractivity contribution < 1.29 is 19.1 Å². The minimum atomic E-state index is -1.36. The first kappa shape index (κ1) is 19.7. The second-order valence-electron chi connectivity index (χ2n) is 6.79. The van der Waals surface area contributed by atoms with Crippen LogP contribution in [0.15, 0.2) is 41.5 Å². The van der Waals surface area contributed by atoms with Crippen LogP contribution in [0.25, 0.3) is 0 Å². The second kappa shape index (κ2) is 8.18. The van der Waals surface area contributed by atoms with Gasteiger partial charge in [0.15, 0.2) is 11.5 Å². The first-order chi connectivity index (χ1) is 12.4. The van der Waals surface area contributed by atoms with Crippen molar-refractivity contribution in [2.24, 2.45) is 5.41 Å². The first-order valence-corrected chi connectivity index (χ1v) is 8.84. The van der Waals surface area contributed by atoms with E-state index in [1.165, 1.54) is 12.5 Å². The predicted molar refractivity (Wildman–Crippen MR) is 97.0 cm³/mol. The van der Waals surface area contributed by atoms with Crippen LogP contribution in [-0.2, 0) is 19.1 Å². The van der Waals surface area contributed by atoms with Crippen molar-refractivity contribution in [3.05, 3.63) is 47.0 Å². The molecule has 1 aromatic rings. The van der Waals surface area contributed by atoms with Gasteiger partial charge < -0.3 is 9.47 Å². The smallest absolute Gasteiger partial charge is 0.347 e. The van der Waals surface area contributed by atoms with Crippen LogP contribution >= 0.6 is 0 Å². The predicted octanol–water partition coefficient (Wildman–Crippen LogP) is 3.91. The molecule has 5 nitrogen and oxygen atoms in total. The second-order valence-corrected chi connectivity index (χ2v) is 6.79. The fourth-order valence-corrected chi connectivity index (χ4v) is 3.39. The van der Waals surface area contributed by atoms with Gasteiger partial charge in [0.25, 0.3) is 0 Å². The zero-order valence-electron chi connectivity index (χ0n) is 15.7. The third-order valence-corrected chi connectivity index (χ3v) is 5.05. The average Bonchev–Trinajstić information content (AvgIpc) is 2.64. The van der Waals surface area contributed by atoms with Gasteiger partial charge in [-0.1, -0.05) is 41.5 Å². The Morgan fingerprint density at radius 2 is 1.92 bits per heavy atom. The number of ether oxygens (including phenoxy) is 2. The van der Waals surface area contributed by atoms with Crippen LogP contribution in [0.2, 0.25) is 0 Å². The van der Waals surface area contributed by atoms with Crippen molar-refractivity contribution in [3.8, 4) is 6.07 Å². The van der Waals surface area contributed by atoms with Crippen LogP contribution in [0, 0.1) is 16.7 Å². The Hall–Kier alpha value is -2.61. The summed E-state index contributed by atoms with van der Waals surface area (Å²) in [4.78, 5) is 24.9. The van der Waals surface area contributed by atoms with Gasteiger partial charge in [0, 0.05) is 5.92 Å². The minimum Gasteiger partial charge on any atom is -0.463 e. The van der Waals surface area contributed by atoms with E-state index in [1.54, 1.807) is 6.92 Å². The maximum absolute atomic E-state index is 13.0. The molecule has 0 saturated heterocycles. The van der Waals surface area contributed by atoms with Gasteiger partial charge in [-0.05, 0) is 46.1 Å². The molecule has 138 valence electrons. The zero-order valence-corrected chi connectivity index (χ0v) is 15.7. The molecular formula is C21H25NO4. The van der Waals surface area contributed by atoms with Crippen molar-refractivity contribution >= 4 is 11.9 Å². The average molecular weight is 355 g/mol. The molecule has 0 unspecified atom stereocenters. The fourth-order valence-electron chi connectivity index (χ4n) is 3.39. The molecule has 0 aliphatic heterocycles. The van der Waals surface area contributed by atoms with Crippen molar-refractivity contribution in [1.82, 2.24) is 0 Å². The number of allylic oxidation sites excluding steroid dienone is 2. The number of hydrogen-bond donors (Lipinski definition) is 0. The summed E-state index contributed by atoms with van der Waals surface area (Å²) in [7, 11) is 0. The molecule has 0 radical (unpaired) electrons. The molecule has 3 atom stereocenters. The molecule has 1 aromatic carbocycles. The minimum absolute atomic E-state index is 0.206. The van der Waals surface area contributed by atoms with E-state index in [2.05, 4.69) is 6.07 Å². The first-order valence-electron chi connectivity index (χ1n) is 8.84. The van der Waals surface area contributed by atoms with Crippen LogP contribution in [0.4, 0.5) is 0 Å². The molecule has 1 aliphatic carbocycles. The van der Waals surface area contributed by atoms with Crippen molar-refractivity contribution in [3.63, 3.8) is 0 Å². The van der Waals surface area contributed by atoms with Gasteiger partial charge in [0.2, 0.25) is 0 Å². The van der Waals surface area contributed by atoms with Crippen molar-refractivity contribution in [2.75, 3.05) is 6.61 Å². The van der Waals surface area contributed by atoms with Crippen LogP contribution in [0.3, 0.4) is 0 Å². The molecular weight excluding hydrogens is 330 g/mol. The molecule has 0 fully saturated rings. The molecule has 0 aromatic heterocycles. The van der Waals surface area contributed by atoms with E-state index in [9.17, 15) is 14.9 Å². The van der Waals surface area contributed by atoms with Gasteiger partial charge in [-0.25, -0.2) is 4.79 Å². The zero-order chi connectivity index (χ0) is 19.3. The van der Waals surface area contributed by atoms with Gasteiger partial charge >= 0.3 is 11.9 Å². The summed E-state index contributed by atoms with van der Waals surface area (Å²) in [6.45, 7) is 7.32. The van der Waals surface area contributed by atoms with Gasteiger partial charge in [0.1, 0.15) is 0 Å². The van der Waals surface area contributed by atoms with Crippen LogP contribution < -0.4 is 0 Å². The number of benzene rings is 1. The number of rotatable bonds is 5. The summed E-state index contributed by atoms with van der Waals surface area (Å²) in [5.74, 6) is -1.59.